The maximum absolute atomic E-state index is 13.7. The largest absolute Gasteiger partial charge is 0.496 e. The molecule has 7 nitrogen and oxygen atoms in total. The molecule has 0 spiro atoms. The van der Waals surface area contributed by atoms with Gasteiger partial charge >= 0.3 is 0 Å². The van der Waals surface area contributed by atoms with Crippen LogP contribution in [0, 0.1) is 0 Å². The van der Waals surface area contributed by atoms with Gasteiger partial charge in [-0.25, -0.2) is 0 Å². The summed E-state index contributed by atoms with van der Waals surface area (Å²) in [6.07, 6.45) is 0. The molecular formula is C26H24N2O5. The van der Waals surface area contributed by atoms with E-state index in [0.29, 0.717) is 40.5 Å². The van der Waals surface area contributed by atoms with Crippen molar-refractivity contribution in [2.45, 2.75) is 6.92 Å². The summed E-state index contributed by atoms with van der Waals surface area (Å²) in [5.74, 6) is -0.0827. The number of methoxy groups -OCH3 is 1. The number of hydrogen-bond donors (Lipinski definition) is 0. The number of benzene rings is 3. The van der Waals surface area contributed by atoms with Crippen LogP contribution in [-0.2, 0) is 0 Å². The molecule has 0 fully saturated rings. The fourth-order valence-corrected chi connectivity index (χ4v) is 3.90. The highest BCUT2D eigenvalue weighted by Gasteiger charge is 2.36. The molecule has 3 aromatic carbocycles. The Bertz CT molecular complexity index is 1170. The van der Waals surface area contributed by atoms with Crippen LogP contribution in [0.1, 0.15) is 38.0 Å². The number of rotatable bonds is 8. The molecule has 0 aromatic heterocycles. The van der Waals surface area contributed by atoms with E-state index >= 15 is 0 Å². The van der Waals surface area contributed by atoms with Crippen LogP contribution in [0.5, 0.6) is 11.5 Å². The monoisotopic (exact) mass is 444 g/mol. The van der Waals surface area contributed by atoms with Crippen molar-refractivity contribution in [2.75, 3.05) is 31.7 Å². The fraction of sp³-hybridized carbons (Fsp3) is 0.192. The highest BCUT2D eigenvalue weighted by atomic mass is 16.5. The first-order valence-electron chi connectivity index (χ1n) is 10.7. The second-order valence-electron chi connectivity index (χ2n) is 7.37. The van der Waals surface area contributed by atoms with Crippen LogP contribution in [0.3, 0.4) is 0 Å². The van der Waals surface area contributed by atoms with E-state index in [1.54, 1.807) is 60.7 Å². The van der Waals surface area contributed by atoms with Crippen LogP contribution < -0.4 is 14.4 Å². The Kier molecular flexibility index (Phi) is 6.40. The number of ether oxygens (including phenoxy) is 2. The van der Waals surface area contributed by atoms with Crippen molar-refractivity contribution >= 4 is 23.4 Å². The van der Waals surface area contributed by atoms with E-state index in [0.717, 1.165) is 0 Å². The van der Waals surface area contributed by atoms with Crippen molar-refractivity contribution < 1.29 is 23.9 Å². The van der Waals surface area contributed by atoms with Crippen molar-refractivity contribution in [3.8, 4) is 11.5 Å². The van der Waals surface area contributed by atoms with Gasteiger partial charge < -0.3 is 14.4 Å². The Morgan fingerprint density at radius 2 is 1.42 bits per heavy atom. The second-order valence-corrected chi connectivity index (χ2v) is 7.37. The maximum Gasteiger partial charge on any atom is 0.262 e. The van der Waals surface area contributed by atoms with E-state index < -0.39 is 0 Å². The van der Waals surface area contributed by atoms with Gasteiger partial charge in [-0.2, -0.15) is 0 Å². The smallest absolute Gasteiger partial charge is 0.262 e. The van der Waals surface area contributed by atoms with Crippen LogP contribution in [0.25, 0.3) is 0 Å². The van der Waals surface area contributed by atoms with Gasteiger partial charge in [-0.3, -0.25) is 19.3 Å². The fourth-order valence-electron chi connectivity index (χ4n) is 3.90. The molecule has 0 saturated heterocycles. The molecule has 0 atom stereocenters. The third kappa shape index (κ3) is 4.17. The predicted molar refractivity (Wildman–Crippen MR) is 124 cm³/mol. The third-order valence-electron chi connectivity index (χ3n) is 5.46. The lowest BCUT2D eigenvalue weighted by Gasteiger charge is -2.27. The zero-order valence-corrected chi connectivity index (χ0v) is 18.5. The van der Waals surface area contributed by atoms with Crippen molar-refractivity contribution in [1.29, 1.82) is 0 Å². The summed E-state index contributed by atoms with van der Waals surface area (Å²) in [5, 5.41) is 0. The summed E-state index contributed by atoms with van der Waals surface area (Å²) in [7, 11) is 1.50. The van der Waals surface area contributed by atoms with E-state index in [9.17, 15) is 14.4 Å². The molecule has 0 saturated carbocycles. The summed E-state index contributed by atoms with van der Waals surface area (Å²) in [6, 6.07) is 20.8. The minimum absolute atomic E-state index is 0.0354. The first-order valence-corrected chi connectivity index (χ1v) is 10.7. The molecule has 33 heavy (non-hydrogen) atoms. The second kappa shape index (κ2) is 9.56. The topological polar surface area (TPSA) is 76.2 Å². The van der Waals surface area contributed by atoms with Crippen molar-refractivity contribution in [3.05, 3.63) is 89.5 Å². The van der Waals surface area contributed by atoms with Crippen molar-refractivity contribution in [3.63, 3.8) is 0 Å². The number of nitrogens with zero attached hydrogens (tertiary/aromatic N) is 2. The predicted octanol–water partition coefficient (Wildman–Crippen LogP) is 4.04. The van der Waals surface area contributed by atoms with Gasteiger partial charge in [0.1, 0.15) is 11.5 Å². The average molecular weight is 444 g/mol. The van der Waals surface area contributed by atoms with Crippen LogP contribution >= 0.6 is 0 Å². The molecule has 3 amide bonds. The quantitative estimate of drug-likeness (QED) is 0.490. The van der Waals surface area contributed by atoms with E-state index in [2.05, 4.69) is 0 Å². The van der Waals surface area contributed by atoms with Crippen LogP contribution in [-0.4, -0.2) is 49.4 Å². The van der Waals surface area contributed by atoms with Crippen molar-refractivity contribution in [2.24, 2.45) is 0 Å². The standard InChI is InChI=1S/C26H24N2O5/c1-3-33-23-15-9-7-13-21(23)27(26(31)20-12-6-8-14-22(20)32-2)16-17-28-24(29)18-10-4-5-11-19(18)25(28)30/h4-15H,3,16-17H2,1-2H3. The summed E-state index contributed by atoms with van der Waals surface area (Å²) >= 11 is 0. The zero-order chi connectivity index (χ0) is 23.4. The van der Waals surface area contributed by atoms with Gasteiger partial charge in [0.2, 0.25) is 0 Å². The Morgan fingerprint density at radius 3 is 2.06 bits per heavy atom. The molecule has 0 unspecified atom stereocenters. The number of hydrogen-bond acceptors (Lipinski definition) is 5. The summed E-state index contributed by atoms with van der Waals surface area (Å²) < 4.78 is 11.1. The van der Waals surface area contributed by atoms with Gasteiger partial charge in [-0.1, -0.05) is 36.4 Å². The van der Waals surface area contributed by atoms with E-state index in [-0.39, 0.29) is 30.8 Å². The highest BCUT2D eigenvalue weighted by Crippen LogP contribution is 2.31. The zero-order valence-electron chi connectivity index (χ0n) is 18.5. The van der Waals surface area contributed by atoms with Gasteiger partial charge in [0.15, 0.2) is 0 Å². The van der Waals surface area contributed by atoms with Gasteiger partial charge in [-0.15, -0.1) is 0 Å². The lowest BCUT2D eigenvalue weighted by Crippen LogP contribution is -2.41. The average Bonchev–Trinajstić information content (AvgIpc) is 3.10. The lowest BCUT2D eigenvalue weighted by molar-refractivity contribution is 0.0654. The SMILES string of the molecule is CCOc1ccccc1N(CCN1C(=O)c2ccccc2C1=O)C(=O)c1ccccc1OC. The minimum atomic E-state index is -0.363. The van der Waals surface area contributed by atoms with Gasteiger partial charge in [0.25, 0.3) is 17.7 Å². The molecule has 0 bridgehead atoms. The lowest BCUT2D eigenvalue weighted by atomic mass is 10.1. The Labute approximate surface area is 192 Å². The summed E-state index contributed by atoms with van der Waals surface area (Å²) in [4.78, 5) is 42.0. The molecule has 7 heteroatoms. The van der Waals surface area contributed by atoms with Crippen LogP contribution in [0.4, 0.5) is 5.69 Å². The Hall–Kier alpha value is -4.13. The molecule has 1 aliphatic rings. The number of para-hydroxylation sites is 3. The molecule has 0 aliphatic carbocycles. The number of amides is 3. The first kappa shape index (κ1) is 22.1. The van der Waals surface area contributed by atoms with Gasteiger partial charge in [-0.05, 0) is 43.3 Å². The minimum Gasteiger partial charge on any atom is -0.496 e. The number of fused-ring (bicyclic) bond motifs is 1. The number of carbonyl (C=O) groups excluding carboxylic acids is 3. The first-order chi connectivity index (χ1) is 16.1. The Balaban J connectivity index is 1.68. The summed E-state index contributed by atoms with van der Waals surface area (Å²) in [5.41, 5.74) is 1.67. The molecule has 3 aromatic rings. The number of imide groups is 1. The van der Waals surface area contributed by atoms with Gasteiger partial charge in [0, 0.05) is 13.1 Å². The molecular weight excluding hydrogens is 420 g/mol. The molecule has 168 valence electrons. The number of carbonyl (C=O) groups is 3. The normalized spacial score (nSPS) is 12.5. The van der Waals surface area contributed by atoms with Crippen LogP contribution in [0.15, 0.2) is 72.8 Å². The van der Waals surface area contributed by atoms with E-state index in [1.165, 1.54) is 16.9 Å². The van der Waals surface area contributed by atoms with Crippen LogP contribution in [0.2, 0.25) is 0 Å². The van der Waals surface area contributed by atoms with E-state index in [4.69, 9.17) is 9.47 Å². The molecule has 4 rings (SSSR count). The molecule has 1 aliphatic heterocycles. The maximum atomic E-state index is 13.7. The van der Waals surface area contributed by atoms with E-state index in [1.807, 2.05) is 19.1 Å². The highest BCUT2D eigenvalue weighted by molar-refractivity contribution is 6.21. The molecule has 0 radical (unpaired) electrons. The third-order valence-corrected chi connectivity index (χ3v) is 5.46. The molecule has 1 heterocycles. The van der Waals surface area contributed by atoms with Crippen molar-refractivity contribution in [1.82, 2.24) is 4.90 Å². The number of anilines is 1. The molecule has 0 N–H and O–H groups in total. The van der Waals surface area contributed by atoms with Gasteiger partial charge in [0.05, 0.1) is 36.1 Å². The summed E-state index contributed by atoms with van der Waals surface area (Å²) in [6.45, 7) is 2.41. The Morgan fingerprint density at radius 1 is 0.848 bits per heavy atom.